The van der Waals surface area contributed by atoms with E-state index in [0.717, 1.165) is 24.2 Å². The van der Waals surface area contributed by atoms with E-state index in [2.05, 4.69) is 24.4 Å². The summed E-state index contributed by atoms with van der Waals surface area (Å²) in [6.07, 6.45) is 2.65. The molecular formula is C19H23NO2. The number of carbonyl (C=O) groups excluding carboxylic acids is 1. The summed E-state index contributed by atoms with van der Waals surface area (Å²) in [5.74, 6) is 0.866. The summed E-state index contributed by atoms with van der Waals surface area (Å²) in [5.41, 5.74) is 2.35. The van der Waals surface area contributed by atoms with Crippen LogP contribution in [0.15, 0.2) is 54.6 Å². The largest absolute Gasteiger partial charge is 0.492 e. The summed E-state index contributed by atoms with van der Waals surface area (Å²) < 4.78 is 5.63. The Bertz CT molecular complexity index is 564. The number of ether oxygens (including phenoxy) is 1. The van der Waals surface area contributed by atoms with Crippen molar-refractivity contribution in [2.24, 2.45) is 0 Å². The zero-order valence-electron chi connectivity index (χ0n) is 13.0. The molecule has 3 nitrogen and oxygen atoms in total. The minimum Gasteiger partial charge on any atom is -0.492 e. The Morgan fingerprint density at radius 2 is 1.73 bits per heavy atom. The monoisotopic (exact) mass is 297 g/mol. The van der Waals surface area contributed by atoms with Gasteiger partial charge in [-0.25, -0.2) is 0 Å². The fourth-order valence-electron chi connectivity index (χ4n) is 2.24. The molecule has 0 saturated carbocycles. The van der Waals surface area contributed by atoms with E-state index >= 15 is 0 Å². The molecule has 0 heterocycles. The molecule has 0 unspecified atom stereocenters. The van der Waals surface area contributed by atoms with Gasteiger partial charge in [0.15, 0.2) is 0 Å². The van der Waals surface area contributed by atoms with Crippen LogP contribution in [0.5, 0.6) is 5.75 Å². The number of carbonyl (C=O) groups is 1. The number of rotatable bonds is 8. The van der Waals surface area contributed by atoms with E-state index < -0.39 is 0 Å². The first kappa shape index (κ1) is 16.1. The number of aryl methyl sites for hydroxylation is 1. The maximum absolute atomic E-state index is 11.8. The zero-order chi connectivity index (χ0) is 15.6. The molecule has 1 N–H and O–H groups in total. The van der Waals surface area contributed by atoms with E-state index in [1.54, 1.807) is 0 Å². The fraction of sp³-hybridized carbons (Fsp3) is 0.316. The summed E-state index contributed by atoms with van der Waals surface area (Å²) in [6.45, 7) is 3.17. The first-order valence-corrected chi connectivity index (χ1v) is 7.80. The van der Waals surface area contributed by atoms with Crippen LogP contribution in [0.2, 0.25) is 0 Å². The SMILES string of the molecule is CCCc1ccc(OCCNC(=O)Cc2ccccc2)cc1. The number of hydrogen-bond donors (Lipinski definition) is 1. The molecule has 2 aromatic rings. The van der Waals surface area contributed by atoms with Crippen molar-refractivity contribution in [2.75, 3.05) is 13.2 Å². The Kier molecular flexibility index (Phi) is 6.49. The third kappa shape index (κ3) is 5.60. The van der Waals surface area contributed by atoms with Crippen LogP contribution in [-0.2, 0) is 17.6 Å². The molecule has 0 spiro atoms. The Morgan fingerprint density at radius 1 is 1.00 bits per heavy atom. The fourth-order valence-corrected chi connectivity index (χ4v) is 2.24. The second kappa shape index (κ2) is 8.88. The highest BCUT2D eigenvalue weighted by atomic mass is 16.5. The Morgan fingerprint density at radius 3 is 2.41 bits per heavy atom. The molecule has 3 heteroatoms. The summed E-state index contributed by atoms with van der Waals surface area (Å²) >= 11 is 0. The van der Waals surface area contributed by atoms with Crippen molar-refractivity contribution in [3.63, 3.8) is 0 Å². The molecule has 0 aliphatic heterocycles. The van der Waals surface area contributed by atoms with Crippen LogP contribution in [0.4, 0.5) is 0 Å². The van der Waals surface area contributed by atoms with Gasteiger partial charge in [-0.2, -0.15) is 0 Å². The zero-order valence-corrected chi connectivity index (χ0v) is 13.0. The lowest BCUT2D eigenvalue weighted by molar-refractivity contribution is -0.120. The molecular weight excluding hydrogens is 274 g/mol. The summed E-state index contributed by atoms with van der Waals surface area (Å²) in [7, 11) is 0. The van der Waals surface area contributed by atoms with Crippen molar-refractivity contribution < 1.29 is 9.53 Å². The van der Waals surface area contributed by atoms with Crippen molar-refractivity contribution >= 4 is 5.91 Å². The number of amides is 1. The number of nitrogens with one attached hydrogen (secondary N) is 1. The second-order valence-corrected chi connectivity index (χ2v) is 5.25. The highest BCUT2D eigenvalue weighted by molar-refractivity contribution is 5.78. The van der Waals surface area contributed by atoms with E-state index in [1.807, 2.05) is 42.5 Å². The van der Waals surface area contributed by atoms with Gasteiger partial charge in [-0.1, -0.05) is 55.8 Å². The van der Waals surface area contributed by atoms with Gasteiger partial charge in [0, 0.05) is 0 Å². The highest BCUT2D eigenvalue weighted by Gasteiger charge is 2.02. The van der Waals surface area contributed by atoms with Gasteiger partial charge >= 0.3 is 0 Å². The molecule has 0 aliphatic carbocycles. The maximum Gasteiger partial charge on any atom is 0.224 e. The van der Waals surface area contributed by atoms with Crippen LogP contribution >= 0.6 is 0 Å². The third-order valence-electron chi connectivity index (χ3n) is 3.36. The van der Waals surface area contributed by atoms with Crippen molar-refractivity contribution in [3.8, 4) is 5.75 Å². The Balaban J connectivity index is 1.65. The van der Waals surface area contributed by atoms with Gasteiger partial charge in [-0.3, -0.25) is 4.79 Å². The average Bonchev–Trinajstić information content (AvgIpc) is 2.54. The van der Waals surface area contributed by atoms with Crippen molar-refractivity contribution in [1.82, 2.24) is 5.32 Å². The summed E-state index contributed by atoms with van der Waals surface area (Å²) in [4.78, 5) is 11.8. The predicted molar refractivity (Wildman–Crippen MR) is 89.1 cm³/mol. The molecule has 0 aromatic heterocycles. The normalized spacial score (nSPS) is 10.2. The lowest BCUT2D eigenvalue weighted by Gasteiger charge is -2.08. The van der Waals surface area contributed by atoms with Gasteiger partial charge in [-0.15, -0.1) is 0 Å². The Hall–Kier alpha value is -2.29. The van der Waals surface area contributed by atoms with E-state index in [1.165, 1.54) is 5.56 Å². The predicted octanol–water partition coefficient (Wildman–Crippen LogP) is 3.38. The van der Waals surface area contributed by atoms with Crippen LogP contribution in [0.25, 0.3) is 0 Å². The standard InChI is InChI=1S/C19H23NO2/c1-2-6-16-9-11-18(12-10-16)22-14-13-20-19(21)15-17-7-4-3-5-8-17/h3-5,7-12H,2,6,13-15H2,1H3,(H,20,21). The Labute approximate surface area is 132 Å². The lowest BCUT2D eigenvalue weighted by Crippen LogP contribution is -2.29. The first-order chi connectivity index (χ1) is 10.8. The lowest BCUT2D eigenvalue weighted by atomic mass is 10.1. The minimum atomic E-state index is 0.0214. The smallest absolute Gasteiger partial charge is 0.224 e. The van der Waals surface area contributed by atoms with Crippen LogP contribution in [0, 0.1) is 0 Å². The minimum absolute atomic E-state index is 0.0214. The van der Waals surface area contributed by atoms with Gasteiger partial charge in [0.05, 0.1) is 13.0 Å². The topological polar surface area (TPSA) is 38.3 Å². The third-order valence-corrected chi connectivity index (χ3v) is 3.36. The van der Waals surface area contributed by atoms with Crippen molar-refractivity contribution in [2.45, 2.75) is 26.2 Å². The quantitative estimate of drug-likeness (QED) is 0.759. The van der Waals surface area contributed by atoms with Crippen molar-refractivity contribution in [1.29, 1.82) is 0 Å². The van der Waals surface area contributed by atoms with E-state index in [9.17, 15) is 4.79 Å². The van der Waals surface area contributed by atoms with Crippen LogP contribution < -0.4 is 10.1 Å². The maximum atomic E-state index is 11.8. The second-order valence-electron chi connectivity index (χ2n) is 5.25. The highest BCUT2D eigenvalue weighted by Crippen LogP contribution is 2.13. The molecule has 0 fully saturated rings. The molecule has 0 bridgehead atoms. The van der Waals surface area contributed by atoms with Crippen LogP contribution in [0.3, 0.4) is 0 Å². The van der Waals surface area contributed by atoms with Gasteiger partial charge in [-0.05, 0) is 29.7 Å². The first-order valence-electron chi connectivity index (χ1n) is 7.80. The van der Waals surface area contributed by atoms with E-state index in [4.69, 9.17) is 4.74 Å². The molecule has 2 rings (SSSR count). The van der Waals surface area contributed by atoms with Gasteiger partial charge < -0.3 is 10.1 Å². The summed E-state index contributed by atoms with van der Waals surface area (Å²) in [5, 5.41) is 2.87. The molecule has 1 amide bonds. The molecule has 0 aliphatic rings. The van der Waals surface area contributed by atoms with Crippen LogP contribution in [0.1, 0.15) is 24.5 Å². The number of hydrogen-bond acceptors (Lipinski definition) is 2. The van der Waals surface area contributed by atoms with Gasteiger partial charge in [0.25, 0.3) is 0 Å². The average molecular weight is 297 g/mol. The molecule has 22 heavy (non-hydrogen) atoms. The van der Waals surface area contributed by atoms with Crippen molar-refractivity contribution in [3.05, 3.63) is 65.7 Å². The molecule has 0 atom stereocenters. The molecule has 0 radical (unpaired) electrons. The summed E-state index contributed by atoms with van der Waals surface area (Å²) in [6, 6.07) is 17.9. The van der Waals surface area contributed by atoms with E-state index in [0.29, 0.717) is 19.6 Å². The number of benzene rings is 2. The van der Waals surface area contributed by atoms with E-state index in [-0.39, 0.29) is 5.91 Å². The van der Waals surface area contributed by atoms with Gasteiger partial charge in [0.2, 0.25) is 5.91 Å². The van der Waals surface area contributed by atoms with Gasteiger partial charge in [0.1, 0.15) is 12.4 Å². The molecule has 0 saturated heterocycles. The van der Waals surface area contributed by atoms with Crippen LogP contribution in [-0.4, -0.2) is 19.1 Å². The molecule has 2 aromatic carbocycles. The molecule has 116 valence electrons.